The molecule has 0 aromatic heterocycles. The van der Waals surface area contributed by atoms with Gasteiger partial charge in [-0.15, -0.1) is 0 Å². The van der Waals surface area contributed by atoms with Gasteiger partial charge < -0.3 is 15.0 Å². The zero-order chi connectivity index (χ0) is 19.4. The molecular weight excluding hydrogens is 389 g/mol. The van der Waals surface area contributed by atoms with E-state index < -0.39 is 12.2 Å². The first kappa shape index (κ1) is 20.1. The molecule has 1 atom stereocenters. The molecule has 9 heteroatoms. The number of rotatable bonds is 5. The molecule has 2 heterocycles. The quantitative estimate of drug-likeness (QED) is 0.797. The fourth-order valence-electron chi connectivity index (χ4n) is 3.02. The summed E-state index contributed by atoms with van der Waals surface area (Å²) in [4.78, 5) is 27.3. The SMILES string of the molecule is CC(C)SC(=O)NC[C@H]1CN(c2ccc(N3CCSCC3)c(F)c2)C(=O)O1. The Labute approximate surface area is 167 Å². The number of halogens is 1. The van der Waals surface area contributed by atoms with E-state index in [1.807, 2.05) is 30.5 Å². The average molecular weight is 414 g/mol. The number of nitrogens with zero attached hydrogens (tertiary/aromatic N) is 2. The van der Waals surface area contributed by atoms with Crippen LogP contribution >= 0.6 is 23.5 Å². The molecule has 2 fully saturated rings. The maximum atomic E-state index is 14.6. The van der Waals surface area contributed by atoms with Crippen molar-refractivity contribution >= 4 is 46.2 Å². The number of carbonyl (C=O) groups is 2. The standard InChI is InChI=1S/C18H24FN3O3S2/c1-12(2)27-17(23)20-10-14-11-22(18(24)25-14)13-3-4-16(15(19)9-13)21-5-7-26-8-6-21/h3-4,9,12,14H,5-8,10-11H2,1-2H3,(H,20,23)/t14-/m0/s1. The van der Waals surface area contributed by atoms with Gasteiger partial charge in [-0.25, -0.2) is 9.18 Å². The first-order valence-electron chi connectivity index (χ1n) is 8.99. The molecule has 2 aliphatic rings. The number of ether oxygens (including phenoxy) is 1. The van der Waals surface area contributed by atoms with Gasteiger partial charge in [0.1, 0.15) is 11.9 Å². The smallest absolute Gasteiger partial charge is 0.414 e. The molecule has 1 N–H and O–H groups in total. The molecule has 1 aromatic carbocycles. The predicted octanol–water partition coefficient (Wildman–Crippen LogP) is 3.56. The lowest BCUT2D eigenvalue weighted by atomic mass is 10.2. The van der Waals surface area contributed by atoms with E-state index >= 15 is 0 Å². The molecule has 27 heavy (non-hydrogen) atoms. The third-order valence-corrected chi connectivity index (χ3v) is 6.06. The van der Waals surface area contributed by atoms with Crippen molar-refractivity contribution in [1.82, 2.24) is 5.32 Å². The highest BCUT2D eigenvalue weighted by molar-refractivity contribution is 8.14. The van der Waals surface area contributed by atoms with Gasteiger partial charge in [-0.05, 0) is 18.2 Å². The lowest BCUT2D eigenvalue weighted by Gasteiger charge is -2.29. The van der Waals surface area contributed by atoms with Gasteiger partial charge in [0.05, 0.1) is 24.5 Å². The van der Waals surface area contributed by atoms with E-state index in [1.54, 1.807) is 12.1 Å². The molecule has 0 spiro atoms. The topological polar surface area (TPSA) is 61.9 Å². The summed E-state index contributed by atoms with van der Waals surface area (Å²) in [6.45, 7) is 6.04. The number of amides is 2. The number of thioether (sulfide) groups is 2. The fourth-order valence-corrected chi connectivity index (χ4v) is 4.51. The fraction of sp³-hybridized carbons (Fsp3) is 0.556. The zero-order valence-electron chi connectivity index (χ0n) is 15.4. The third-order valence-electron chi connectivity index (χ3n) is 4.29. The van der Waals surface area contributed by atoms with E-state index in [-0.39, 0.29) is 29.4 Å². The summed E-state index contributed by atoms with van der Waals surface area (Å²) in [7, 11) is 0. The Morgan fingerprint density at radius 2 is 2.15 bits per heavy atom. The number of nitrogens with one attached hydrogen (secondary N) is 1. The predicted molar refractivity (Wildman–Crippen MR) is 110 cm³/mol. The van der Waals surface area contributed by atoms with Crippen molar-refractivity contribution in [3.05, 3.63) is 24.0 Å². The van der Waals surface area contributed by atoms with Crippen molar-refractivity contribution < 1.29 is 18.7 Å². The van der Waals surface area contributed by atoms with Crippen molar-refractivity contribution in [3.63, 3.8) is 0 Å². The maximum Gasteiger partial charge on any atom is 0.414 e. The minimum absolute atomic E-state index is 0.144. The zero-order valence-corrected chi connectivity index (χ0v) is 17.1. The molecule has 6 nitrogen and oxygen atoms in total. The van der Waals surface area contributed by atoms with Crippen LogP contribution in [0.25, 0.3) is 0 Å². The lowest BCUT2D eigenvalue weighted by molar-refractivity contribution is 0.141. The molecule has 0 unspecified atom stereocenters. The molecular formula is C18H24FN3O3S2. The van der Waals surface area contributed by atoms with Crippen LogP contribution in [-0.2, 0) is 4.74 Å². The van der Waals surface area contributed by atoms with Gasteiger partial charge >= 0.3 is 6.09 Å². The molecule has 0 radical (unpaired) electrons. The van der Waals surface area contributed by atoms with Crippen molar-refractivity contribution in [2.45, 2.75) is 25.2 Å². The second kappa shape index (κ2) is 9.05. The summed E-state index contributed by atoms with van der Waals surface area (Å²) in [5.74, 6) is 1.64. The molecule has 0 aliphatic carbocycles. The van der Waals surface area contributed by atoms with Crippen molar-refractivity contribution in [3.8, 4) is 0 Å². The Hall–Kier alpha value is -1.61. The van der Waals surface area contributed by atoms with E-state index in [9.17, 15) is 14.0 Å². The highest BCUT2D eigenvalue weighted by atomic mass is 32.2. The molecule has 1 aromatic rings. The van der Waals surface area contributed by atoms with E-state index in [4.69, 9.17) is 4.74 Å². The van der Waals surface area contributed by atoms with Crippen LogP contribution < -0.4 is 15.1 Å². The Morgan fingerprint density at radius 1 is 1.41 bits per heavy atom. The van der Waals surface area contributed by atoms with E-state index in [0.29, 0.717) is 11.4 Å². The van der Waals surface area contributed by atoms with Crippen LogP contribution in [0, 0.1) is 5.82 Å². The molecule has 148 valence electrons. The van der Waals surface area contributed by atoms with Crippen LogP contribution in [0.2, 0.25) is 0 Å². The number of hydrogen-bond acceptors (Lipinski definition) is 6. The number of cyclic esters (lactones) is 1. The van der Waals surface area contributed by atoms with E-state index in [2.05, 4.69) is 5.32 Å². The van der Waals surface area contributed by atoms with Crippen LogP contribution in [0.3, 0.4) is 0 Å². The van der Waals surface area contributed by atoms with Crippen molar-refractivity contribution in [1.29, 1.82) is 0 Å². The van der Waals surface area contributed by atoms with Gasteiger partial charge in [-0.3, -0.25) is 9.69 Å². The average Bonchev–Trinajstić information content (AvgIpc) is 3.01. The van der Waals surface area contributed by atoms with Gasteiger partial charge in [0, 0.05) is 29.8 Å². The number of carbonyl (C=O) groups excluding carboxylic acids is 2. The molecule has 2 saturated heterocycles. The highest BCUT2D eigenvalue weighted by Crippen LogP contribution is 2.29. The summed E-state index contributed by atoms with van der Waals surface area (Å²) >= 11 is 3.06. The van der Waals surface area contributed by atoms with Crippen LogP contribution in [0.5, 0.6) is 0 Å². The van der Waals surface area contributed by atoms with Crippen LogP contribution in [0.1, 0.15) is 13.8 Å². The third kappa shape index (κ3) is 5.22. The van der Waals surface area contributed by atoms with Gasteiger partial charge in [0.25, 0.3) is 5.24 Å². The maximum absolute atomic E-state index is 14.6. The summed E-state index contributed by atoms with van der Waals surface area (Å²) in [5.41, 5.74) is 1.04. The summed E-state index contributed by atoms with van der Waals surface area (Å²) in [6.07, 6.45) is -0.969. The van der Waals surface area contributed by atoms with Gasteiger partial charge in [0.2, 0.25) is 0 Å². The van der Waals surface area contributed by atoms with E-state index in [0.717, 1.165) is 24.6 Å². The first-order chi connectivity index (χ1) is 12.9. The first-order valence-corrected chi connectivity index (χ1v) is 11.0. The Morgan fingerprint density at radius 3 is 2.81 bits per heavy atom. The Kier molecular flexibility index (Phi) is 6.75. The summed E-state index contributed by atoms with van der Waals surface area (Å²) in [5, 5.41) is 2.79. The molecule has 3 rings (SSSR count). The highest BCUT2D eigenvalue weighted by Gasteiger charge is 2.33. The van der Waals surface area contributed by atoms with Crippen LogP contribution in [0.15, 0.2) is 18.2 Å². The van der Waals surface area contributed by atoms with Gasteiger partial charge in [-0.1, -0.05) is 25.6 Å². The lowest BCUT2D eigenvalue weighted by Crippen LogP contribution is -2.34. The van der Waals surface area contributed by atoms with Crippen molar-refractivity contribution in [2.75, 3.05) is 47.5 Å². The number of anilines is 2. The van der Waals surface area contributed by atoms with E-state index in [1.165, 1.54) is 22.7 Å². The van der Waals surface area contributed by atoms with Gasteiger partial charge in [0.15, 0.2) is 0 Å². The minimum Gasteiger partial charge on any atom is -0.442 e. The van der Waals surface area contributed by atoms with Crippen LogP contribution in [-0.4, -0.2) is 60.4 Å². The second-order valence-electron chi connectivity index (χ2n) is 6.69. The van der Waals surface area contributed by atoms with Gasteiger partial charge in [-0.2, -0.15) is 11.8 Å². The summed E-state index contributed by atoms with van der Waals surface area (Å²) < 4.78 is 19.9. The van der Waals surface area contributed by atoms with Crippen molar-refractivity contribution in [2.24, 2.45) is 0 Å². The largest absolute Gasteiger partial charge is 0.442 e. The minimum atomic E-state index is -0.521. The summed E-state index contributed by atoms with van der Waals surface area (Å²) in [6, 6.07) is 4.85. The Bertz CT molecular complexity index is 698. The molecule has 2 amide bonds. The Balaban J connectivity index is 1.60. The molecule has 2 aliphatic heterocycles. The number of benzene rings is 1. The second-order valence-corrected chi connectivity index (χ2v) is 9.46. The number of hydrogen-bond donors (Lipinski definition) is 1. The molecule has 0 bridgehead atoms. The normalized spacial score (nSPS) is 20.1. The molecule has 0 saturated carbocycles. The van der Waals surface area contributed by atoms with Crippen LogP contribution in [0.4, 0.5) is 25.4 Å². The monoisotopic (exact) mass is 413 g/mol.